The molecule has 0 radical (unpaired) electrons. The molecule has 6 nitrogen and oxygen atoms in total. The van der Waals surface area contributed by atoms with Crippen molar-refractivity contribution in [1.29, 1.82) is 0 Å². The van der Waals surface area contributed by atoms with Gasteiger partial charge in [-0.2, -0.15) is 5.10 Å². The summed E-state index contributed by atoms with van der Waals surface area (Å²) in [5.74, 6) is -0.490. The highest BCUT2D eigenvalue weighted by Crippen LogP contribution is 2.18. The number of anilines is 2. The van der Waals surface area contributed by atoms with Gasteiger partial charge in [-0.1, -0.05) is 12.1 Å². The molecular formula is C16H18N4O2. The zero-order valence-corrected chi connectivity index (χ0v) is 12.7. The maximum absolute atomic E-state index is 12.3. The molecule has 0 spiro atoms. The van der Waals surface area contributed by atoms with E-state index in [4.69, 9.17) is 0 Å². The Labute approximate surface area is 128 Å². The first-order valence-corrected chi connectivity index (χ1v) is 6.88. The lowest BCUT2D eigenvalue weighted by Gasteiger charge is -2.07. The van der Waals surface area contributed by atoms with Crippen molar-refractivity contribution in [2.45, 2.75) is 20.8 Å². The first-order valence-electron chi connectivity index (χ1n) is 6.88. The van der Waals surface area contributed by atoms with E-state index in [2.05, 4.69) is 20.8 Å². The van der Waals surface area contributed by atoms with Crippen LogP contribution in [0, 0.1) is 13.8 Å². The Kier molecular flexibility index (Phi) is 4.73. The minimum Gasteiger partial charge on any atom is -0.322 e. The predicted octanol–water partition coefficient (Wildman–Crippen LogP) is 2.79. The van der Waals surface area contributed by atoms with Gasteiger partial charge in [-0.05, 0) is 45.0 Å². The SMILES string of the molecule is C/C=C/C(=O)Nc1cccc(C(=O)Nc2c(C)n[nH]c2C)c1. The molecule has 1 aromatic heterocycles. The van der Waals surface area contributed by atoms with E-state index < -0.39 is 0 Å². The molecule has 3 N–H and O–H groups in total. The van der Waals surface area contributed by atoms with Crippen LogP contribution < -0.4 is 10.6 Å². The minimum atomic E-state index is -0.255. The largest absolute Gasteiger partial charge is 0.322 e. The standard InChI is InChI=1S/C16H18N4O2/c1-4-6-14(21)17-13-8-5-7-12(9-13)16(22)18-15-10(2)19-20-11(15)3/h4-9H,1-3H3,(H,17,21)(H,18,22)(H,19,20)/b6-4+. The van der Waals surface area contributed by atoms with Crippen LogP contribution in [0.5, 0.6) is 0 Å². The predicted molar refractivity (Wildman–Crippen MR) is 85.9 cm³/mol. The molecule has 0 aliphatic carbocycles. The van der Waals surface area contributed by atoms with E-state index in [0.717, 1.165) is 11.4 Å². The minimum absolute atomic E-state index is 0.235. The number of aromatic nitrogens is 2. The van der Waals surface area contributed by atoms with E-state index >= 15 is 0 Å². The lowest BCUT2D eigenvalue weighted by molar-refractivity contribution is -0.111. The Balaban J connectivity index is 2.15. The Hall–Kier alpha value is -2.89. The molecule has 0 atom stereocenters. The van der Waals surface area contributed by atoms with Crippen LogP contribution in [0.25, 0.3) is 0 Å². The van der Waals surface area contributed by atoms with Crippen LogP contribution in [-0.2, 0) is 4.79 Å². The molecule has 22 heavy (non-hydrogen) atoms. The van der Waals surface area contributed by atoms with Crippen LogP contribution in [0.3, 0.4) is 0 Å². The average molecular weight is 298 g/mol. The smallest absolute Gasteiger partial charge is 0.255 e. The highest BCUT2D eigenvalue weighted by Gasteiger charge is 2.12. The normalized spacial score (nSPS) is 10.7. The molecule has 0 bridgehead atoms. The number of amides is 2. The second kappa shape index (κ2) is 6.71. The fourth-order valence-electron chi connectivity index (χ4n) is 1.99. The molecular weight excluding hydrogens is 280 g/mol. The summed E-state index contributed by atoms with van der Waals surface area (Å²) in [7, 11) is 0. The summed E-state index contributed by atoms with van der Waals surface area (Å²) in [6.07, 6.45) is 3.07. The monoisotopic (exact) mass is 298 g/mol. The van der Waals surface area contributed by atoms with Gasteiger partial charge in [-0.3, -0.25) is 14.7 Å². The summed E-state index contributed by atoms with van der Waals surface area (Å²) in [6.45, 7) is 5.41. The van der Waals surface area contributed by atoms with E-state index in [1.165, 1.54) is 6.08 Å². The molecule has 114 valence electrons. The van der Waals surface area contributed by atoms with Crippen LogP contribution in [0.15, 0.2) is 36.4 Å². The number of H-pyrrole nitrogens is 1. The molecule has 0 unspecified atom stereocenters. The molecule has 0 saturated heterocycles. The summed E-state index contributed by atoms with van der Waals surface area (Å²) in [5, 5.41) is 12.4. The summed E-state index contributed by atoms with van der Waals surface area (Å²) < 4.78 is 0. The molecule has 1 heterocycles. The number of hydrogen-bond acceptors (Lipinski definition) is 3. The highest BCUT2D eigenvalue weighted by atomic mass is 16.2. The van der Waals surface area contributed by atoms with Gasteiger partial charge in [0.05, 0.1) is 17.1 Å². The Bertz CT molecular complexity index is 712. The summed E-state index contributed by atoms with van der Waals surface area (Å²) in [4.78, 5) is 23.8. The molecule has 0 aliphatic heterocycles. The van der Waals surface area contributed by atoms with E-state index in [1.54, 1.807) is 37.3 Å². The lowest BCUT2D eigenvalue weighted by Crippen LogP contribution is -2.14. The van der Waals surface area contributed by atoms with Crippen molar-refractivity contribution < 1.29 is 9.59 Å². The third-order valence-corrected chi connectivity index (χ3v) is 3.08. The van der Waals surface area contributed by atoms with Crippen molar-refractivity contribution >= 4 is 23.2 Å². The number of aromatic amines is 1. The molecule has 0 aliphatic rings. The van der Waals surface area contributed by atoms with Crippen LogP contribution in [0.1, 0.15) is 28.7 Å². The molecule has 2 rings (SSSR count). The topological polar surface area (TPSA) is 86.9 Å². The van der Waals surface area contributed by atoms with Gasteiger partial charge >= 0.3 is 0 Å². The molecule has 0 fully saturated rings. The van der Waals surface area contributed by atoms with Crippen molar-refractivity contribution in [3.8, 4) is 0 Å². The van der Waals surface area contributed by atoms with E-state index in [0.29, 0.717) is 16.9 Å². The molecule has 1 aromatic carbocycles. The van der Waals surface area contributed by atoms with E-state index in [9.17, 15) is 9.59 Å². The van der Waals surface area contributed by atoms with Crippen molar-refractivity contribution in [2.24, 2.45) is 0 Å². The van der Waals surface area contributed by atoms with Gasteiger partial charge in [0.2, 0.25) is 5.91 Å². The fourth-order valence-corrected chi connectivity index (χ4v) is 1.99. The number of carbonyl (C=O) groups excluding carboxylic acids is 2. The average Bonchev–Trinajstić information content (AvgIpc) is 2.79. The number of hydrogen-bond donors (Lipinski definition) is 3. The van der Waals surface area contributed by atoms with Gasteiger partial charge < -0.3 is 10.6 Å². The Morgan fingerprint density at radius 2 is 2.00 bits per heavy atom. The third-order valence-electron chi connectivity index (χ3n) is 3.08. The summed E-state index contributed by atoms with van der Waals surface area (Å²) in [6, 6.07) is 6.76. The van der Waals surface area contributed by atoms with Crippen LogP contribution >= 0.6 is 0 Å². The van der Waals surface area contributed by atoms with Gasteiger partial charge in [-0.15, -0.1) is 0 Å². The molecule has 0 saturated carbocycles. The van der Waals surface area contributed by atoms with Crippen molar-refractivity contribution in [1.82, 2.24) is 10.2 Å². The van der Waals surface area contributed by atoms with E-state index in [1.807, 2.05) is 13.8 Å². The lowest BCUT2D eigenvalue weighted by atomic mass is 10.1. The molecule has 6 heteroatoms. The van der Waals surface area contributed by atoms with Gasteiger partial charge in [0.25, 0.3) is 5.91 Å². The van der Waals surface area contributed by atoms with Crippen LogP contribution in [0.2, 0.25) is 0 Å². The van der Waals surface area contributed by atoms with Gasteiger partial charge in [0.15, 0.2) is 0 Å². The second-order valence-electron chi connectivity index (χ2n) is 4.83. The maximum atomic E-state index is 12.3. The zero-order chi connectivity index (χ0) is 16.1. The van der Waals surface area contributed by atoms with Crippen LogP contribution in [0.4, 0.5) is 11.4 Å². The first kappa shape index (κ1) is 15.5. The number of nitrogens with zero attached hydrogens (tertiary/aromatic N) is 1. The number of benzene rings is 1. The number of allylic oxidation sites excluding steroid dienone is 1. The summed E-state index contributed by atoms with van der Waals surface area (Å²) >= 11 is 0. The van der Waals surface area contributed by atoms with Crippen molar-refractivity contribution in [3.63, 3.8) is 0 Å². The maximum Gasteiger partial charge on any atom is 0.255 e. The quantitative estimate of drug-likeness (QED) is 0.758. The first-order chi connectivity index (χ1) is 10.5. The van der Waals surface area contributed by atoms with Gasteiger partial charge in [0, 0.05) is 11.3 Å². The van der Waals surface area contributed by atoms with Gasteiger partial charge in [0.1, 0.15) is 0 Å². The summed E-state index contributed by atoms with van der Waals surface area (Å²) in [5.41, 5.74) is 3.22. The fraction of sp³-hybridized carbons (Fsp3) is 0.188. The second-order valence-corrected chi connectivity index (χ2v) is 4.83. The van der Waals surface area contributed by atoms with Crippen molar-refractivity contribution in [3.05, 3.63) is 53.4 Å². The Morgan fingerprint density at radius 1 is 1.23 bits per heavy atom. The van der Waals surface area contributed by atoms with E-state index in [-0.39, 0.29) is 11.8 Å². The number of rotatable bonds is 4. The molecule has 2 aromatic rings. The number of carbonyl (C=O) groups is 2. The highest BCUT2D eigenvalue weighted by molar-refractivity contribution is 6.06. The zero-order valence-electron chi connectivity index (χ0n) is 12.7. The number of aryl methyl sites for hydroxylation is 2. The van der Waals surface area contributed by atoms with Crippen molar-refractivity contribution in [2.75, 3.05) is 10.6 Å². The third kappa shape index (κ3) is 3.60. The van der Waals surface area contributed by atoms with Crippen LogP contribution in [-0.4, -0.2) is 22.0 Å². The Morgan fingerprint density at radius 3 is 2.64 bits per heavy atom. The van der Waals surface area contributed by atoms with Gasteiger partial charge in [-0.25, -0.2) is 0 Å². The molecule has 2 amide bonds. The number of nitrogens with one attached hydrogen (secondary N) is 3.